The first-order valence-electron chi connectivity index (χ1n) is 8.24. The fourth-order valence-corrected chi connectivity index (χ4v) is 3.87. The van der Waals surface area contributed by atoms with Gasteiger partial charge in [-0.3, -0.25) is 4.68 Å². The van der Waals surface area contributed by atoms with E-state index >= 15 is 0 Å². The van der Waals surface area contributed by atoms with E-state index in [4.69, 9.17) is 10.8 Å². The van der Waals surface area contributed by atoms with Gasteiger partial charge in [-0.1, -0.05) is 13.8 Å². The zero-order valence-corrected chi connectivity index (χ0v) is 12.9. The van der Waals surface area contributed by atoms with E-state index in [0.717, 1.165) is 19.6 Å². The Hall–Kier alpha value is -0.870. The van der Waals surface area contributed by atoms with E-state index in [0.29, 0.717) is 17.9 Å². The standard InChI is InChI=1S/C16H28N4/c1-11(2)16-15-12(10-17)4-3-5-14(15)20(19-16)13-6-8-18-9-7-13/h11-13,18H,3-10,17H2,1-2H3. The summed E-state index contributed by atoms with van der Waals surface area (Å²) in [6.45, 7) is 7.53. The largest absolute Gasteiger partial charge is 0.330 e. The molecular formula is C16H28N4. The van der Waals surface area contributed by atoms with Crippen LogP contribution in [-0.2, 0) is 6.42 Å². The molecule has 2 aliphatic rings. The van der Waals surface area contributed by atoms with Crippen molar-refractivity contribution in [3.05, 3.63) is 17.0 Å². The van der Waals surface area contributed by atoms with Gasteiger partial charge in [-0.05, 0) is 63.6 Å². The average Bonchev–Trinajstić information content (AvgIpc) is 2.88. The van der Waals surface area contributed by atoms with Crippen LogP contribution in [-0.4, -0.2) is 29.4 Å². The average molecular weight is 276 g/mol. The van der Waals surface area contributed by atoms with E-state index < -0.39 is 0 Å². The van der Waals surface area contributed by atoms with Crippen LogP contribution in [0.1, 0.15) is 74.4 Å². The summed E-state index contributed by atoms with van der Waals surface area (Å²) >= 11 is 0. The minimum Gasteiger partial charge on any atom is -0.330 e. The van der Waals surface area contributed by atoms with Gasteiger partial charge < -0.3 is 11.1 Å². The number of hydrogen-bond acceptors (Lipinski definition) is 3. The lowest BCUT2D eigenvalue weighted by Crippen LogP contribution is -2.31. The van der Waals surface area contributed by atoms with Gasteiger partial charge in [0.05, 0.1) is 11.7 Å². The van der Waals surface area contributed by atoms with E-state index in [2.05, 4.69) is 23.8 Å². The molecule has 1 saturated heterocycles. The van der Waals surface area contributed by atoms with Crippen molar-refractivity contribution in [1.82, 2.24) is 15.1 Å². The molecule has 1 fully saturated rings. The van der Waals surface area contributed by atoms with Gasteiger partial charge in [-0.2, -0.15) is 5.10 Å². The molecule has 0 radical (unpaired) electrons. The van der Waals surface area contributed by atoms with Crippen molar-refractivity contribution >= 4 is 0 Å². The second-order valence-corrected chi connectivity index (χ2v) is 6.65. The molecule has 1 atom stereocenters. The number of rotatable bonds is 3. The summed E-state index contributed by atoms with van der Waals surface area (Å²) in [6, 6.07) is 0.592. The van der Waals surface area contributed by atoms with Gasteiger partial charge in [-0.15, -0.1) is 0 Å². The lowest BCUT2D eigenvalue weighted by Gasteiger charge is -2.28. The highest BCUT2D eigenvalue weighted by Crippen LogP contribution is 2.38. The Balaban J connectivity index is 2.02. The van der Waals surface area contributed by atoms with Crippen molar-refractivity contribution in [2.45, 2.75) is 63.8 Å². The van der Waals surface area contributed by atoms with Crippen LogP contribution in [0, 0.1) is 0 Å². The summed E-state index contributed by atoms with van der Waals surface area (Å²) in [5.74, 6) is 1.03. The van der Waals surface area contributed by atoms with Crippen molar-refractivity contribution in [1.29, 1.82) is 0 Å². The van der Waals surface area contributed by atoms with E-state index in [-0.39, 0.29) is 0 Å². The van der Waals surface area contributed by atoms with Gasteiger partial charge in [0.15, 0.2) is 0 Å². The molecule has 4 heteroatoms. The van der Waals surface area contributed by atoms with E-state index in [9.17, 15) is 0 Å². The monoisotopic (exact) mass is 276 g/mol. The third kappa shape index (κ3) is 2.40. The highest BCUT2D eigenvalue weighted by molar-refractivity contribution is 5.35. The van der Waals surface area contributed by atoms with Gasteiger partial charge in [0.2, 0.25) is 0 Å². The first kappa shape index (κ1) is 14.1. The van der Waals surface area contributed by atoms with E-state index in [1.807, 2.05) is 0 Å². The Morgan fingerprint density at radius 1 is 1.30 bits per heavy atom. The SMILES string of the molecule is CC(C)c1nn(C2CCNCC2)c2c1C(CN)CCC2. The number of piperidine rings is 1. The molecule has 20 heavy (non-hydrogen) atoms. The molecule has 3 rings (SSSR count). The molecule has 112 valence electrons. The van der Waals surface area contributed by atoms with Gasteiger partial charge in [0.25, 0.3) is 0 Å². The van der Waals surface area contributed by atoms with Crippen LogP contribution < -0.4 is 11.1 Å². The van der Waals surface area contributed by atoms with E-state index in [1.165, 1.54) is 49.1 Å². The lowest BCUT2D eigenvalue weighted by molar-refractivity contribution is 0.330. The van der Waals surface area contributed by atoms with E-state index in [1.54, 1.807) is 0 Å². The second-order valence-electron chi connectivity index (χ2n) is 6.65. The van der Waals surface area contributed by atoms with Gasteiger partial charge in [0, 0.05) is 11.3 Å². The van der Waals surface area contributed by atoms with Crippen molar-refractivity contribution in [3.8, 4) is 0 Å². The third-order valence-electron chi connectivity index (χ3n) is 4.94. The predicted octanol–water partition coefficient (Wildman–Crippen LogP) is 2.31. The lowest BCUT2D eigenvalue weighted by atomic mass is 9.83. The molecule has 0 saturated carbocycles. The molecule has 1 aromatic heterocycles. The minimum atomic E-state index is 0.499. The predicted molar refractivity (Wildman–Crippen MR) is 82.2 cm³/mol. The Morgan fingerprint density at radius 2 is 2.05 bits per heavy atom. The Labute approximate surface area is 122 Å². The summed E-state index contributed by atoms with van der Waals surface area (Å²) in [5.41, 5.74) is 10.4. The third-order valence-corrected chi connectivity index (χ3v) is 4.94. The van der Waals surface area contributed by atoms with Crippen molar-refractivity contribution in [2.24, 2.45) is 5.73 Å². The quantitative estimate of drug-likeness (QED) is 0.890. The molecule has 0 amide bonds. The Morgan fingerprint density at radius 3 is 2.70 bits per heavy atom. The highest BCUT2D eigenvalue weighted by Gasteiger charge is 2.31. The molecule has 0 aromatic carbocycles. The molecule has 0 spiro atoms. The molecular weight excluding hydrogens is 248 g/mol. The van der Waals surface area contributed by atoms with Gasteiger partial charge >= 0.3 is 0 Å². The summed E-state index contributed by atoms with van der Waals surface area (Å²) in [7, 11) is 0. The zero-order chi connectivity index (χ0) is 14.1. The zero-order valence-electron chi connectivity index (χ0n) is 12.9. The maximum Gasteiger partial charge on any atom is 0.0688 e. The first-order chi connectivity index (χ1) is 9.72. The van der Waals surface area contributed by atoms with Crippen molar-refractivity contribution in [3.63, 3.8) is 0 Å². The number of nitrogens with one attached hydrogen (secondary N) is 1. The van der Waals surface area contributed by atoms with Crippen LogP contribution in [0.25, 0.3) is 0 Å². The summed E-state index contributed by atoms with van der Waals surface area (Å²) < 4.78 is 2.38. The smallest absolute Gasteiger partial charge is 0.0688 e. The molecule has 1 unspecified atom stereocenters. The van der Waals surface area contributed by atoms with Crippen molar-refractivity contribution < 1.29 is 0 Å². The van der Waals surface area contributed by atoms with Crippen LogP contribution in [0.4, 0.5) is 0 Å². The van der Waals surface area contributed by atoms with Crippen LogP contribution >= 0.6 is 0 Å². The first-order valence-corrected chi connectivity index (χ1v) is 8.24. The summed E-state index contributed by atoms with van der Waals surface area (Å²) in [6.07, 6.45) is 6.11. The molecule has 2 heterocycles. The molecule has 0 bridgehead atoms. The van der Waals surface area contributed by atoms with Crippen LogP contribution in [0.15, 0.2) is 0 Å². The summed E-state index contributed by atoms with van der Waals surface area (Å²) in [5, 5.41) is 8.50. The molecule has 1 aliphatic carbocycles. The van der Waals surface area contributed by atoms with Gasteiger partial charge in [-0.25, -0.2) is 0 Å². The maximum absolute atomic E-state index is 6.03. The summed E-state index contributed by atoms with van der Waals surface area (Å²) in [4.78, 5) is 0. The number of nitrogens with zero attached hydrogens (tertiary/aromatic N) is 2. The second kappa shape index (κ2) is 5.86. The number of hydrogen-bond donors (Lipinski definition) is 2. The van der Waals surface area contributed by atoms with Crippen LogP contribution in [0.2, 0.25) is 0 Å². The molecule has 4 nitrogen and oxygen atoms in total. The van der Waals surface area contributed by atoms with Crippen LogP contribution in [0.3, 0.4) is 0 Å². The number of fused-ring (bicyclic) bond motifs is 1. The fourth-order valence-electron chi connectivity index (χ4n) is 3.87. The Bertz CT molecular complexity index is 457. The maximum atomic E-state index is 6.03. The molecule has 1 aliphatic heterocycles. The Kier molecular flexibility index (Phi) is 4.13. The molecule has 1 aromatic rings. The van der Waals surface area contributed by atoms with Gasteiger partial charge in [0.1, 0.15) is 0 Å². The van der Waals surface area contributed by atoms with Crippen LogP contribution in [0.5, 0.6) is 0 Å². The normalized spacial score (nSPS) is 24.1. The minimum absolute atomic E-state index is 0.499. The number of nitrogens with two attached hydrogens (primary N) is 1. The highest BCUT2D eigenvalue weighted by atomic mass is 15.3. The van der Waals surface area contributed by atoms with Crippen molar-refractivity contribution in [2.75, 3.05) is 19.6 Å². The molecule has 3 N–H and O–H groups in total. The topological polar surface area (TPSA) is 55.9 Å². The fraction of sp³-hybridized carbons (Fsp3) is 0.812. The number of aromatic nitrogens is 2.